The van der Waals surface area contributed by atoms with Gasteiger partial charge in [-0.05, 0) is 59.2 Å². The molecule has 0 bridgehead atoms. The molecule has 1 rings (SSSR count). The van der Waals surface area contributed by atoms with Crippen molar-refractivity contribution in [1.29, 1.82) is 0 Å². The predicted octanol–water partition coefficient (Wildman–Crippen LogP) is 2.19. The van der Waals surface area contributed by atoms with Crippen molar-refractivity contribution < 1.29 is 14.6 Å². The van der Waals surface area contributed by atoms with Crippen molar-refractivity contribution in [3.05, 3.63) is 27.8 Å². The van der Waals surface area contributed by atoms with Crippen LogP contribution >= 0.6 is 22.6 Å². The van der Waals surface area contributed by atoms with E-state index in [1.165, 1.54) is 0 Å². The molecule has 0 spiro atoms. The molecule has 2 N–H and O–H groups in total. The van der Waals surface area contributed by atoms with Gasteiger partial charge < -0.3 is 15.2 Å². The molecule has 0 radical (unpaired) electrons. The van der Waals surface area contributed by atoms with Gasteiger partial charge in [0.1, 0.15) is 5.75 Å². The molecule has 0 aliphatic rings. The summed E-state index contributed by atoms with van der Waals surface area (Å²) in [7, 11) is 0. The number of nitrogens with one attached hydrogen (secondary N) is 1. The normalized spacial score (nSPS) is 11.9. The summed E-state index contributed by atoms with van der Waals surface area (Å²) in [6.07, 6.45) is 1.66. The second-order valence-corrected chi connectivity index (χ2v) is 5.58. The maximum Gasteiger partial charge on any atom is 0.257 e. The molecule has 0 aliphatic heterocycles. The number of hydrogen-bond donors (Lipinski definition) is 2. The maximum absolute atomic E-state index is 11.6. The van der Waals surface area contributed by atoms with Crippen LogP contribution < -0.4 is 10.1 Å². The van der Waals surface area contributed by atoms with Gasteiger partial charge in [-0.2, -0.15) is 0 Å². The van der Waals surface area contributed by atoms with Gasteiger partial charge in [-0.25, -0.2) is 0 Å². The number of carbonyl (C=O) groups is 1. The molecule has 1 atom stereocenters. The topological polar surface area (TPSA) is 58.6 Å². The fourth-order valence-corrected chi connectivity index (χ4v) is 1.98. The molecule has 0 aromatic heterocycles. The molecule has 5 heteroatoms. The average molecular weight is 377 g/mol. The summed E-state index contributed by atoms with van der Waals surface area (Å²) in [4.78, 5) is 11.6. The lowest BCUT2D eigenvalue weighted by Crippen LogP contribution is -2.33. The smallest absolute Gasteiger partial charge is 0.257 e. The highest BCUT2D eigenvalue weighted by Gasteiger charge is 2.08. The van der Waals surface area contributed by atoms with E-state index < -0.39 is 0 Å². The summed E-state index contributed by atoms with van der Waals surface area (Å²) >= 11 is 2.22. The van der Waals surface area contributed by atoms with Gasteiger partial charge in [-0.15, -0.1) is 0 Å². The van der Waals surface area contributed by atoms with E-state index in [0.717, 1.165) is 16.4 Å². The van der Waals surface area contributed by atoms with Gasteiger partial charge in [0.25, 0.3) is 5.91 Å². The molecule has 0 saturated heterocycles. The van der Waals surface area contributed by atoms with Gasteiger partial charge in [-0.3, -0.25) is 4.79 Å². The fourth-order valence-electron chi connectivity index (χ4n) is 1.62. The highest BCUT2D eigenvalue weighted by atomic mass is 127. The van der Waals surface area contributed by atoms with Gasteiger partial charge in [0.2, 0.25) is 0 Å². The summed E-state index contributed by atoms with van der Waals surface area (Å²) in [6, 6.07) is 7.55. The SMILES string of the molecule is CC[C@@H](CCO)CNC(=O)COc1ccc(I)cc1. The van der Waals surface area contributed by atoms with E-state index in [4.69, 9.17) is 9.84 Å². The van der Waals surface area contributed by atoms with Crippen molar-refractivity contribution in [2.45, 2.75) is 19.8 Å². The van der Waals surface area contributed by atoms with Crippen LogP contribution in [0.4, 0.5) is 0 Å². The lowest BCUT2D eigenvalue weighted by atomic mass is 10.0. The molecule has 0 saturated carbocycles. The first-order valence-corrected chi connectivity index (χ1v) is 7.49. The van der Waals surface area contributed by atoms with Gasteiger partial charge in [0.15, 0.2) is 6.61 Å². The molecule has 106 valence electrons. The minimum atomic E-state index is -0.130. The fraction of sp³-hybridized carbons (Fsp3) is 0.500. The molecule has 1 aromatic carbocycles. The Balaban J connectivity index is 2.25. The zero-order chi connectivity index (χ0) is 14.1. The maximum atomic E-state index is 11.6. The Kier molecular flexibility index (Phi) is 7.81. The number of carbonyl (C=O) groups excluding carboxylic acids is 1. The van der Waals surface area contributed by atoms with Crippen molar-refractivity contribution in [3.8, 4) is 5.75 Å². The number of benzene rings is 1. The van der Waals surface area contributed by atoms with Crippen LogP contribution in [0.25, 0.3) is 0 Å². The highest BCUT2D eigenvalue weighted by Crippen LogP contribution is 2.13. The third kappa shape index (κ3) is 6.77. The van der Waals surface area contributed by atoms with Crippen molar-refractivity contribution in [3.63, 3.8) is 0 Å². The van der Waals surface area contributed by atoms with Gasteiger partial charge in [0, 0.05) is 16.7 Å². The monoisotopic (exact) mass is 377 g/mol. The Labute approximate surface area is 127 Å². The summed E-state index contributed by atoms with van der Waals surface area (Å²) < 4.78 is 6.51. The molecule has 0 aliphatic carbocycles. The lowest BCUT2D eigenvalue weighted by molar-refractivity contribution is -0.123. The van der Waals surface area contributed by atoms with Gasteiger partial charge >= 0.3 is 0 Å². The predicted molar refractivity (Wildman–Crippen MR) is 83.1 cm³/mol. The van der Waals surface area contributed by atoms with E-state index >= 15 is 0 Å². The van der Waals surface area contributed by atoms with E-state index in [2.05, 4.69) is 34.8 Å². The van der Waals surface area contributed by atoms with Crippen LogP contribution in [0.15, 0.2) is 24.3 Å². The number of aliphatic hydroxyl groups excluding tert-OH is 1. The molecule has 4 nitrogen and oxygen atoms in total. The van der Waals surface area contributed by atoms with Crippen molar-refractivity contribution >= 4 is 28.5 Å². The van der Waals surface area contributed by atoms with E-state index in [9.17, 15) is 4.79 Å². The van der Waals surface area contributed by atoms with Crippen LogP contribution in [0.2, 0.25) is 0 Å². The summed E-state index contributed by atoms with van der Waals surface area (Å²) in [6.45, 7) is 2.82. The molecule has 0 fully saturated rings. The third-order valence-electron chi connectivity index (χ3n) is 2.89. The van der Waals surface area contributed by atoms with E-state index in [0.29, 0.717) is 18.2 Å². The largest absolute Gasteiger partial charge is 0.484 e. The van der Waals surface area contributed by atoms with E-state index in [1.54, 1.807) is 0 Å². The third-order valence-corrected chi connectivity index (χ3v) is 3.61. The number of ether oxygens (including phenoxy) is 1. The first-order valence-electron chi connectivity index (χ1n) is 6.41. The van der Waals surface area contributed by atoms with E-state index in [-0.39, 0.29) is 19.1 Å². The van der Waals surface area contributed by atoms with Crippen LogP contribution in [0.3, 0.4) is 0 Å². The average Bonchev–Trinajstić information content (AvgIpc) is 2.42. The molecule has 19 heavy (non-hydrogen) atoms. The molecule has 0 unspecified atom stereocenters. The van der Waals surface area contributed by atoms with Gasteiger partial charge in [-0.1, -0.05) is 13.3 Å². The summed E-state index contributed by atoms with van der Waals surface area (Å²) in [5.41, 5.74) is 0. The minimum absolute atomic E-state index is 0.0240. The van der Waals surface area contributed by atoms with Crippen LogP contribution in [0.5, 0.6) is 5.75 Å². The Bertz CT molecular complexity index is 381. The quantitative estimate of drug-likeness (QED) is 0.683. The zero-order valence-corrected chi connectivity index (χ0v) is 13.2. The summed E-state index contributed by atoms with van der Waals surface area (Å²) in [5.74, 6) is 0.889. The Morgan fingerprint density at radius 3 is 2.68 bits per heavy atom. The van der Waals surface area contributed by atoms with Crippen molar-refractivity contribution in [1.82, 2.24) is 5.32 Å². The molecule has 1 aromatic rings. The van der Waals surface area contributed by atoms with Gasteiger partial charge in [0.05, 0.1) is 0 Å². The second-order valence-electron chi connectivity index (χ2n) is 4.33. The van der Waals surface area contributed by atoms with Crippen LogP contribution in [0, 0.1) is 9.49 Å². The first kappa shape index (κ1) is 16.2. The Morgan fingerprint density at radius 2 is 2.11 bits per heavy atom. The van der Waals surface area contributed by atoms with E-state index in [1.807, 2.05) is 24.3 Å². The number of amides is 1. The van der Waals surface area contributed by atoms with Crippen molar-refractivity contribution in [2.24, 2.45) is 5.92 Å². The molecular weight excluding hydrogens is 357 g/mol. The molecule has 0 heterocycles. The summed E-state index contributed by atoms with van der Waals surface area (Å²) in [5, 5.41) is 11.7. The Hall–Kier alpha value is -0.820. The highest BCUT2D eigenvalue weighted by molar-refractivity contribution is 14.1. The van der Waals surface area contributed by atoms with Crippen LogP contribution in [-0.4, -0.2) is 30.8 Å². The van der Waals surface area contributed by atoms with Crippen molar-refractivity contribution in [2.75, 3.05) is 19.8 Å². The molecule has 1 amide bonds. The number of rotatable bonds is 8. The molecular formula is C14H20INO3. The standard InChI is InChI=1S/C14H20INO3/c1-2-11(7-8-17)9-16-14(18)10-19-13-5-3-12(15)4-6-13/h3-6,11,17H,2,7-10H2,1H3,(H,16,18)/t11-/m0/s1. The zero-order valence-electron chi connectivity index (χ0n) is 11.1. The van der Waals surface area contributed by atoms with Crippen LogP contribution in [-0.2, 0) is 4.79 Å². The Morgan fingerprint density at radius 1 is 1.42 bits per heavy atom. The number of aliphatic hydroxyl groups is 1. The van der Waals surface area contributed by atoms with Crippen LogP contribution in [0.1, 0.15) is 19.8 Å². The lowest BCUT2D eigenvalue weighted by Gasteiger charge is -2.14. The first-order chi connectivity index (χ1) is 9.15. The number of hydrogen-bond acceptors (Lipinski definition) is 3. The second kappa shape index (κ2) is 9.14. The number of halogens is 1. The minimum Gasteiger partial charge on any atom is -0.484 e.